The van der Waals surface area contributed by atoms with Gasteiger partial charge in [0.15, 0.2) is 0 Å². The van der Waals surface area contributed by atoms with Crippen LogP contribution in [0.1, 0.15) is 52.6 Å². The van der Waals surface area contributed by atoms with Gasteiger partial charge in [0.25, 0.3) is 0 Å². The number of thiophene rings is 1. The number of aryl methyl sites for hydroxylation is 2. The highest BCUT2D eigenvalue weighted by Crippen LogP contribution is 2.42. The monoisotopic (exact) mass is 336 g/mol. The van der Waals surface area contributed by atoms with Crippen molar-refractivity contribution in [1.82, 2.24) is 9.88 Å². The highest BCUT2D eigenvalue weighted by Gasteiger charge is 2.25. The molecule has 3 heteroatoms. The van der Waals surface area contributed by atoms with Gasteiger partial charge in [-0.15, -0.1) is 11.3 Å². The normalized spacial score (nSPS) is 17.0. The van der Waals surface area contributed by atoms with Gasteiger partial charge in [0.2, 0.25) is 0 Å². The molecule has 2 aromatic heterocycles. The van der Waals surface area contributed by atoms with Crippen molar-refractivity contribution in [2.24, 2.45) is 5.92 Å². The highest BCUT2D eigenvalue weighted by atomic mass is 32.1. The molecule has 0 amide bonds. The Kier molecular flexibility index (Phi) is 4.05. The Morgan fingerprint density at radius 3 is 2.92 bits per heavy atom. The van der Waals surface area contributed by atoms with Crippen LogP contribution in [0, 0.1) is 5.92 Å². The standard InChI is InChI=1S/C21H24N2S/c1-4-17-11-19-14(2)23(3)13-20(21(19)24-17)18-9-10-22-12-16(18)8-7-15-5-6-15/h9-13,15H,2,4-8H2,1,3H3. The molecule has 1 aliphatic carbocycles. The third-order valence-corrected chi connectivity index (χ3v) is 6.46. The van der Waals surface area contributed by atoms with E-state index in [1.807, 2.05) is 17.5 Å². The summed E-state index contributed by atoms with van der Waals surface area (Å²) in [5, 5.41) is 0. The Balaban J connectivity index is 1.76. The van der Waals surface area contributed by atoms with Gasteiger partial charge < -0.3 is 4.90 Å². The van der Waals surface area contributed by atoms with Crippen molar-refractivity contribution < 1.29 is 0 Å². The van der Waals surface area contributed by atoms with Gasteiger partial charge in [0, 0.05) is 52.2 Å². The molecule has 1 saturated carbocycles. The third kappa shape index (κ3) is 2.82. The first kappa shape index (κ1) is 15.6. The summed E-state index contributed by atoms with van der Waals surface area (Å²) in [5.74, 6) is 0.949. The van der Waals surface area contributed by atoms with Crippen molar-refractivity contribution in [1.29, 1.82) is 0 Å². The second kappa shape index (κ2) is 6.21. The van der Waals surface area contributed by atoms with E-state index in [4.69, 9.17) is 0 Å². The van der Waals surface area contributed by atoms with Gasteiger partial charge in [0.05, 0.1) is 0 Å². The molecule has 0 N–H and O–H groups in total. The van der Waals surface area contributed by atoms with E-state index >= 15 is 0 Å². The van der Waals surface area contributed by atoms with Gasteiger partial charge in [-0.1, -0.05) is 26.3 Å². The Morgan fingerprint density at radius 2 is 2.17 bits per heavy atom. The second-order valence-corrected chi connectivity index (χ2v) is 8.06. The molecule has 0 bridgehead atoms. The van der Waals surface area contributed by atoms with Crippen LogP contribution >= 0.6 is 11.3 Å². The fourth-order valence-corrected chi connectivity index (χ4v) is 4.54. The van der Waals surface area contributed by atoms with E-state index in [0.29, 0.717) is 0 Å². The maximum absolute atomic E-state index is 4.39. The zero-order valence-electron chi connectivity index (χ0n) is 14.5. The lowest BCUT2D eigenvalue weighted by Crippen LogP contribution is -2.15. The number of nitrogens with zero attached hydrogens (tertiary/aromatic N) is 2. The largest absolute Gasteiger partial charge is 0.350 e. The van der Waals surface area contributed by atoms with Crippen LogP contribution in [-0.2, 0) is 12.8 Å². The fraction of sp³-hybridized carbons (Fsp3) is 0.381. The lowest BCUT2D eigenvalue weighted by molar-refractivity contribution is 0.654. The number of pyridine rings is 1. The molecule has 1 aliphatic heterocycles. The van der Waals surface area contributed by atoms with E-state index in [1.165, 1.54) is 51.3 Å². The summed E-state index contributed by atoms with van der Waals surface area (Å²) in [7, 11) is 2.10. The molecule has 2 nitrogen and oxygen atoms in total. The molecule has 0 unspecified atom stereocenters. The molecular weight excluding hydrogens is 312 g/mol. The molecule has 0 aromatic carbocycles. The van der Waals surface area contributed by atoms with Gasteiger partial charge >= 0.3 is 0 Å². The average Bonchev–Trinajstić information content (AvgIpc) is 3.33. The van der Waals surface area contributed by atoms with Crippen LogP contribution in [0.15, 0.2) is 37.3 Å². The summed E-state index contributed by atoms with van der Waals surface area (Å²) in [6.07, 6.45) is 12.6. The van der Waals surface area contributed by atoms with Crippen molar-refractivity contribution >= 4 is 22.6 Å². The zero-order chi connectivity index (χ0) is 16.7. The van der Waals surface area contributed by atoms with Crippen LogP contribution < -0.4 is 0 Å². The molecule has 0 spiro atoms. The van der Waals surface area contributed by atoms with Gasteiger partial charge in [-0.25, -0.2) is 0 Å². The highest BCUT2D eigenvalue weighted by molar-refractivity contribution is 7.13. The summed E-state index contributed by atoms with van der Waals surface area (Å²) in [6, 6.07) is 4.50. The van der Waals surface area contributed by atoms with Gasteiger partial charge in [-0.2, -0.15) is 0 Å². The molecule has 24 heavy (non-hydrogen) atoms. The SMILES string of the molecule is C=C1c2cc(CC)sc2C(c2ccncc2CCC2CC2)=CN1C. The first-order valence-corrected chi connectivity index (χ1v) is 9.69. The molecule has 1 fully saturated rings. The lowest BCUT2D eigenvalue weighted by atomic mass is 9.93. The van der Waals surface area contributed by atoms with Crippen LogP contribution in [0.2, 0.25) is 0 Å². The summed E-state index contributed by atoms with van der Waals surface area (Å²) in [5.41, 5.74) is 6.45. The van der Waals surface area contributed by atoms with Crippen molar-refractivity contribution in [3.05, 3.63) is 63.7 Å². The summed E-state index contributed by atoms with van der Waals surface area (Å²) < 4.78 is 0. The van der Waals surface area contributed by atoms with Crippen LogP contribution in [0.5, 0.6) is 0 Å². The van der Waals surface area contributed by atoms with Crippen molar-refractivity contribution in [2.45, 2.75) is 39.0 Å². The minimum atomic E-state index is 0.949. The molecule has 4 rings (SSSR count). The molecule has 2 aromatic rings. The van der Waals surface area contributed by atoms with Gasteiger partial charge in [0.1, 0.15) is 0 Å². The van der Waals surface area contributed by atoms with Crippen LogP contribution in [0.25, 0.3) is 11.3 Å². The summed E-state index contributed by atoms with van der Waals surface area (Å²) >= 11 is 1.91. The van der Waals surface area contributed by atoms with Gasteiger partial charge in [-0.3, -0.25) is 4.98 Å². The minimum Gasteiger partial charge on any atom is -0.350 e. The van der Waals surface area contributed by atoms with Crippen LogP contribution in [0.4, 0.5) is 0 Å². The predicted molar refractivity (Wildman–Crippen MR) is 103 cm³/mol. The smallest absolute Gasteiger partial charge is 0.0459 e. The topological polar surface area (TPSA) is 16.1 Å². The Labute approximate surface area is 148 Å². The molecule has 124 valence electrons. The maximum atomic E-state index is 4.39. The van der Waals surface area contributed by atoms with Crippen LogP contribution in [0.3, 0.4) is 0 Å². The van der Waals surface area contributed by atoms with E-state index in [9.17, 15) is 0 Å². The van der Waals surface area contributed by atoms with E-state index in [0.717, 1.165) is 24.5 Å². The molecule has 0 radical (unpaired) electrons. The van der Waals surface area contributed by atoms with Crippen molar-refractivity contribution in [3.8, 4) is 0 Å². The molecule has 3 heterocycles. The first-order valence-electron chi connectivity index (χ1n) is 8.87. The predicted octanol–water partition coefficient (Wildman–Crippen LogP) is 5.35. The Bertz CT molecular complexity index is 811. The minimum absolute atomic E-state index is 0.949. The zero-order valence-corrected chi connectivity index (χ0v) is 15.3. The average molecular weight is 337 g/mol. The van der Waals surface area contributed by atoms with E-state index < -0.39 is 0 Å². The third-order valence-electron chi connectivity index (χ3n) is 5.15. The van der Waals surface area contributed by atoms with Crippen molar-refractivity contribution in [2.75, 3.05) is 7.05 Å². The fourth-order valence-electron chi connectivity index (χ4n) is 3.40. The van der Waals surface area contributed by atoms with Crippen molar-refractivity contribution in [3.63, 3.8) is 0 Å². The number of aromatic nitrogens is 1. The maximum Gasteiger partial charge on any atom is 0.0459 e. The molecule has 0 saturated heterocycles. The van der Waals surface area contributed by atoms with E-state index in [2.05, 4.69) is 55.0 Å². The molecular formula is C21H24N2S. The van der Waals surface area contributed by atoms with Crippen LogP contribution in [-0.4, -0.2) is 16.9 Å². The van der Waals surface area contributed by atoms with Gasteiger partial charge in [-0.05, 0) is 48.4 Å². The van der Waals surface area contributed by atoms with E-state index in [-0.39, 0.29) is 0 Å². The Hall–Kier alpha value is -1.87. The molecule has 0 atom stereocenters. The summed E-state index contributed by atoms with van der Waals surface area (Å²) in [4.78, 5) is 9.35. The second-order valence-electron chi connectivity index (χ2n) is 6.92. The number of rotatable bonds is 5. The van der Waals surface area contributed by atoms with E-state index in [1.54, 1.807) is 0 Å². The number of fused-ring (bicyclic) bond motifs is 1. The Morgan fingerprint density at radius 1 is 1.33 bits per heavy atom. The number of hydrogen-bond donors (Lipinski definition) is 0. The summed E-state index contributed by atoms with van der Waals surface area (Å²) in [6.45, 7) is 6.50. The quantitative estimate of drug-likeness (QED) is 0.731. The number of hydrogen-bond acceptors (Lipinski definition) is 3. The first-order chi connectivity index (χ1) is 11.7. The molecule has 2 aliphatic rings. The lowest BCUT2D eigenvalue weighted by Gasteiger charge is -2.26.